The van der Waals surface area contributed by atoms with E-state index in [1.54, 1.807) is 0 Å². The molecule has 0 aliphatic carbocycles. The smallest absolute Gasteiger partial charge is 0.352 e. The Balaban J connectivity index is 1.77. The Hall–Kier alpha value is -2.77. The van der Waals surface area contributed by atoms with E-state index in [1.165, 1.54) is 23.1 Å². The third-order valence-corrected chi connectivity index (χ3v) is 6.36. The van der Waals surface area contributed by atoms with Gasteiger partial charge in [0.2, 0.25) is 5.91 Å². The van der Waals surface area contributed by atoms with Crippen LogP contribution in [-0.2, 0) is 30.3 Å². The molecule has 8 nitrogen and oxygen atoms in total. The molecule has 2 amide bonds. The molecule has 0 radical (unpaired) electrons. The number of carbonyl (C=O) groups excluding carboxylic acids is 3. The number of carboxylic acid groups (broad SMARTS) is 1. The number of thioether (sulfide) groups is 1. The highest BCUT2D eigenvalue weighted by atomic mass is 32.2. The number of hydrogen-bond acceptors (Lipinski definition) is 7. The van der Waals surface area contributed by atoms with Gasteiger partial charge in [-0.25, -0.2) is 4.79 Å². The van der Waals surface area contributed by atoms with Crippen LogP contribution in [0.25, 0.3) is 0 Å². The first-order valence-corrected chi connectivity index (χ1v) is 10.1. The van der Waals surface area contributed by atoms with Gasteiger partial charge in [-0.15, -0.1) is 29.5 Å². The summed E-state index contributed by atoms with van der Waals surface area (Å²) in [5, 5.41) is 13.6. The number of ether oxygens (including phenoxy) is 1. The van der Waals surface area contributed by atoms with Crippen LogP contribution in [0.3, 0.4) is 0 Å². The maximum atomic E-state index is 12.6. The Bertz CT molecular complexity index is 902. The summed E-state index contributed by atoms with van der Waals surface area (Å²) < 4.78 is 5.00. The molecule has 3 rings (SSSR count). The number of fused-ring (bicyclic) bond motifs is 1. The second kappa shape index (κ2) is 8.08. The van der Waals surface area contributed by atoms with Crippen LogP contribution < -0.4 is 5.32 Å². The summed E-state index contributed by atoms with van der Waals surface area (Å²) >= 11 is 2.70. The van der Waals surface area contributed by atoms with Gasteiger partial charge in [-0.3, -0.25) is 19.3 Å². The third-order valence-electron chi connectivity index (χ3n) is 4.18. The Morgan fingerprint density at radius 1 is 1.50 bits per heavy atom. The third kappa shape index (κ3) is 3.76. The fourth-order valence-electron chi connectivity index (χ4n) is 3.01. The van der Waals surface area contributed by atoms with Crippen LogP contribution in [0.4, 0.5) is 0 Å². The molecule has 28 heavy (non-hydrogen) atoms. The van der Waals surface area contributed by atoms with Gasteiger partial charge in [-0.2, -0.15) is 0 Å². The molecule has 10 heteroatoms. The van der Waals surface area contributed by atoms with E-state index in [1.807, 2.05) is 17.5 Å². The molecule has 1 fully saturated rings. The van der Waals surface area contributed by atoms with Crippen molar-refractivity contribution in [2.75, 3.05) is 5.75 Å². The van der Waals surface area contributed by atoms with Crippen molar-refractivity contribution in [3.05, 3.63) is 33.7 Å². The summed E-state index contributed by atoms with van der Waals surface area (Å²) in [5.41, 5.74) is -0.120. The molecule has 0 bridgehead atoms. The maximum Gasteiger partial charge on any atom is 0.352 e. The van der Waals surface area contributed by atoms with Gasteiger partial charge in [-0.1, -0.05) is 12.0 Å². The first kappa shape index (κ1) is 20.0. The van der Waals surface area contributed by atoms with Gasteiger partial charge < -0.3 is 15.2 Å². The van der Waals surface area contributed by atoms with Crippen molar-refractivity contribution in [2.24, 2.45) is 0 Å². The van der Waals surface area contributed by atoms with Crippen LogP contribution in [0.1, 0.15) is 11.8 Å². The summed E-state index contributed by atoms with van der Waals surface area (Å²) in [6.07, 6.45) is 4.36. The minimum Gasteiger partial charge on any atom is -0.477 e. The highest BCUT2D eigenvalue weighted by molar-refractivity contribution is 8.00. The number of carboxylic acids is 1. The zero-order valence-electron chi connectivity index (χ0n) is 14.7. The van der Waals surface area contributed by atoms with Gasteiger partial charge >= 0.3 is 11.9 Å². The largest absolute Gasteiger partial charge is 0.477 e. The van der Waals surface area contributed by atoms with Crippen molar-refractivity contribution < 1.29 is 29.0 Å². The molecule has 0 saturated carbocycles. The molecule has 1 aromatic rings. The highest BCUT2D eigenvalue weighted by Gasteiger charge is 2.55. The second-order valence-corrected chi connectivity index (χ2v) is 8.18. The molecular weight excluding hydrogens is 404 g/mol. The van der Waals surface area contributed by atoms with Crippen molar-refractivity contribution in [1.29, 1.82) is 0 Å². The lowest BCUT2D eigenvalue weighted by Gasteiger charge is -2.49. The molecule has 1 saturated heterocycles. The molecular formula is C18H16N2O6S2. The molecule has 3 heterocycles. The zero-order valence-corrected chi connectivity index (χ0v) is 16.3. The average molecular weight is 420 g/mol. The topological polar surface area (TPSA) is 113 Å². The number of nitrogens with one attached hydrogen (secondary N) is 1. The fourth-order valence-corrected chi connectivity index (χ4v) is 5.09. The number of terminal acetylenes is 1. The van der Waals surface area contributed by atoms with Crippen molar-refractivity contribution in [2.45, 2.75) is 30.9 Å². The van der Waals surface area contributed by atoms with Gasteiger partial charge in [0.15, 0.2) is 6.10 Å². The quantitative estimate of drug-likeness (QED) is 0.393. The number of amides is 2. The van der Waals surface area contributed by atoms with E-state index >= 15 is 0 Å². The first-order valence-electron chi connectivity index (χ1n) is 8.19. The van der Waals surface area contributed by atoms with Crippen molar-refractivity contribution >= 4 is 46.9 Å². The molecule has 0 aromatic carbocycles. The van der Waals surface area contributed by atoms with E-state index in [0.717, 1.165) is 16.7 Å². The van der Waals surface area contributed by atoms with Crippen LogP contribution in [-0.4, -0.2) is 57.0 Å². The highest BCUT2D eigenvalue weighted by Crippen LogP contribution is 2.41. The van der Waals surface area contributed by atoms with Gasteiger partial charge in [-0.05, 0) is 11.4 Å². The van der Waals surface area contributed by atoms with Crippen molar-refractivity contribution in [3.8, 4) is 12.3 Å². The summed E-state index contributed by atoms with van der Waals surface area (Å²) in [5.74, 6) is -0.434. The van der Waals surface area contributed by atoms with Gasteiger partial charge in [0.1, 0.15) is 17.1 Å². The monoisotopic (exact) mass is 420 g/mol. The van der Waals surface area contributed by atoms with Crippen LogP contribution in [0, 0.1) is 12.3 Å². The Kier molecular flexibility index (Phi) is 5.76. The normalized spacial score (nSPS) is 21.9. The Labute approximate surface area is 168 Å². The van der Waals surface area contributed by atoms with Crippen LogP contribution in [0.2, 0.25) is 0 Å². The van der Waals surface area contributed by atoms with Gasteiger partial charge in [0.25, 0.3) is 5.91 Å². The van der Waals surface area contributed by atoms with Crippen LogP contribution >= 0.6 is 23.1 Å². The summed E-state index contributed by atoms with van der Waals surface area (Å²) in [7, 11) is 0. The summed E-state index contributed by atoms with van der Waals surface area (Å²) in [4.78, 5) is 49.8. The van der Waals surface area contributed by atoms with Crippen LogP contribution in [0.5, 0.6) is 0 Å². The molecule has 1 unspecified atom stereocenters. The average Bonchev–Trinajstić information content (AvgIpc) is 3.15. The SMILES string of the molecule is C#CC(OC(C)=O)C1=C(C(=O)O)N2C(=O)[C@H](NC(=O)Cc3cccs3)[C@H]2SC1. The van der Waals surface area contributed by atoms with E-state index in [0.29, 0.717) is 0 Å². The Morgan fingerprint density at radius 3 is 2.82 bits per heavy atom. The lowest BCUT2D eigenvalue weighted by atomic mass is 10.0. The predicted molar refractivity (Wildman–Crippen MR) is 102 cm³/mol. The van der Waals surface area contributed by atoms with E-state index in [4.69, 9.17) is 11.2 Å². The molecule has 0 spiro atoms. The number of esters is 1. The molecule has 2 aliphatic rings. The van der Waals surface area contributed by atoms with Crippen molar-refractivity contribution in [3.63, 3.8) is 0 Å². The minimum absolute atomic E-state index is 0.150. The second-order valence-electron chi connectivity index (χ2n) is 6.05. The number of rotatable bonds is 6. The fraction of sp³-hybridized carbons (Fsp3) is 0.333. The summed E-state index contributed by atoms with van der Waals surface area (Å²) in [6.45, 7) is 1.16. The molecule has 146 valence electrons. The van der Waals surface area contributed by atoms with E-state index in [-0.39, 0.29) is 29.4 Å². The number of thiophene rings is 1. The van der Waals surface area contributed by atoms with Crippen LogP contribution in [0.15, 0.2) is 28.8 Å². The Morgan fingerprint density at radius 2 is 2.25 bits per heavy atom. The number of β-lactam (4-membered cyclic amide) rings is 1. The molecule has 3 atom stereocenters. The number of carbonyl (C=O) groups is 4. The first-order chi connectivity index (χ1) is 13.3. The number of hydrogen-bond donors (Lipinski definition) is 2. The van der Waals surface area contributed by atoms with E-state index in [9.17, 15) is 24.3 Å². The van der Waals surface area contributed by atoms with E-state index < -0.39 is 35.4 Å². The minimum atomic E-state index is -1.34. The maximum absolute atomic E-state index is 12.6. The van der Waals surface area contributed by atoms with Gasteiger partial charge in [0, 0.05) is 23.1 Å². The van der Waals surface area contributed by atoms with Crippen molar-refractivity contribution in [1.82, 2.24) is 10.2 Å². The lowest BCUT2D eigenvalue weighted by Crippen LogP contribution is -2.70. The number of aliphatic carboxylic acids is 1. The lowest BCUT2D eigenvalue weighted by molar-refractivity contribution is -0.151. The van der Waals surface area contributed by atoms with E-state index in [2.05, 4.69) is 11.2 Å². The molecule has 2 aliphatic heterocycles. The van der Waals surface area contributed by atoms with Gasteiger partial charge in [0.05, 0.1) is 6.42 Å². The standard InChI is InChI=1S/C18H16N2O6S2/c1-3-12(26-9(2)21)11-8-28-17-14(16(23)20(17)15(11)18(24)25)19-13(22)7-10-5-4-6-27-10/h1,4-6,12,14,17H,7-8H2,2H3,(H,19,22)(H,24,25)/t12?,14-,17+/m0/s1. The summed E-state index contributed by atoms with van der Waals surface area (Å²) in [6, 6.07) is 2.84. The predicted octanol–water partition coefficient (Wildman–Crippen LogP) is 0.594. The molecule has 1 aromatic heterocycles. The molecule has 2 N–H and O–H groups in total. The zero-order chi connectivity index (χ0) is 20.4. The number of nitrogens with zero attached hydrogens (tertiary/aromatic N) is 1.